The smallest absolute Gasteiger partial charge is 0.257 e. The summed E-state index contributed by atoms with van der Waals surface area (Å²) in [7, 11) is 0. The zero-order chi connectivity index (χ0) is 13.7. The Morgan fingerprint density at radius 2 is 2.17 bits per heavy atom. The van der Waals surface area contributed by atoms with E-state index in [1.54, 1.807) is 11.0 Å². The van der Waals surface area contributed by atoms with E-state index in [9.17, 15) is 4.79 Å². The van der Waals surface area contributed by atoms with Crippen molar-refractivity contribution in [3.05, 3.63) is 28.0 Å². The molecule has 1 aromatic heterocycles. The van der Waals surface area contributed by atoms with Gasteiger partial charge in [-0.3, -0.25) is 4.79 Å². The van der Waals surface area contributed by atoms with Crippen LogP contribution in [0.25, 0.3) is 0 Å². The Balaban J connectivity index is 2.99. The second-order valence-electron chi connectivity index (χ2n) is 3.97. The van der Waals surface area contributed by atoms with Crippen molar-refractivity contribution in [1.29, 1.82) is 5.26 Å². The fraction of sp³-hybridized carbons (Fsp3) is 0.417. The summed E-state index contributed by atoms with van der Waals surface area (Å²) in [4.78, 5) is 17.7. The van der Waals surface area contributed by atoms with E-state index in [4.69, 9.17) is 28.5 Å². The van der Waals surface area contributed by atoms with Crippen molar-refractivity contribution >= 4 is 29.1 Å². The van der Waals surface area contributed by atoms with Crippen molar-refractivity contribution in [2.75, 3.05) is 6.54 Å². The maximum absolute atomic E-state index is 12.3. The number of aromatic nitrogens is 1. The van der Waals surface area contributed by atoms with Crippen LogP contribution in [-0.4, -0.2) is 28.4 Å². The van der Waals surface area contributed by atoms with Crippen molar-refractivity contribution in [2.45, 2.75) is 26.3 Å². The Kier molecular flexibility index (Phi) is 5.39. The van der Waals surface area contributed by atoms with Crippen LogP contribution in [0.4, 0.5) is 0 Å². The van der Waals surface area contributed by atoms with Crippen molar-refractivity contribution in [2.24, 2.45) is 0 Å². The number of nitrogens with zero attached hydrogens (tertiary/aromatic N) is 3. The van der Waals surface area contributed by atoms with Crippen LogP contribution < -0.4 is 0 Å². The molecule has 0 fully saturated rings. The Morgan fingerprint density at radius 1 is 1.50 bits per heavy atom. The predicted octanol–water partition coefficient (Wildman–Crippen LogP) is 3.15. The van der Waals surface area contributed by atoms with Crippen molar-refractivity contribution in [1.82, 2.24) is 9.88 Å². The normalized spacial score (nSPS) is 10.2. The molecular weight excluding hydrogens is 273 g/mol. The van der Waals surface area contributed by atoms with Crippen LogP contribution in [0.5, 0.6) is 0 Å². The molecule has 0 aliphatic carbocycles. The summed E-state index contributed by atoms with van der Waals surface area (Å²) in [6.07, 6.45) is 0.280. The Hall–Kier alpha value is -1.31. The van der Waals surface area contributed by atoms with E-state index in [2.05, 4.69) is 4.98 Å². The van der Waals surface area contributed by atoms with Crippen molar-refractivity contribution < 1.29 is 4.79 Å². The van der Waals surface area contributed by atoms with Gasteiger partial charge in [-0.2, -0.15) is 5.26 Å². The number of hydrogen-bond acceptors (Lipinski definition) is 3. The molecule has 0 N–H and O–H groups in total. The molecule has 0 aliphatic rings. The molecule has 0 atom stereocenters. The molecule has 1 heterocycles. The standard InChI is InChI=1S/C12H13Cl2N3O/c1-8(2)17(7-3-6-15)12(18)9-4-5-10(13)16-11(9)14/h4-5,8H,3,7H2,1-2H3. The largest absolute Gasteiger partial charge is 0.335 e. The molecule has 1 amide bonds. The fourth-order valence-electron chi connectivity index (χ4n) is 1.49. The second-order valence-corrected chi connectivity index (χ2v) is 4.72. The van der Waals surface area contributed by atoms with Crippen LogP contribution >= 0.6 is 23.2 Å². The van der Waals surface area contributed by atoms with Gasteiger partial charge in [0.15, 0.2) is 0 Å². The monoisotopic (exact) mass is 285 g/mol. The summed E-state index contributed by atoms with van der Waals surface area (Å²) < 4.78 is 0. The van der Waals surface area contributed by atoms with Gasteiger partial charge < -0.3 is 4.90 Å². The highest BCUT2D eigenvalue weighted by Gasteiger charge is 2.21. The number of pyridine rings is 1. The van der Waals surface area contributed by atoms with Gasteiger partial charge in [0, 0.05) is 12.6 Å². The lowest BCUT2D eigenvalue weighted by Gasteiger charge is -2.26. The third kappa shape index (κ3) is 3.59. The number of rotatable bonds is 4. The van der Waals surface area contributed by atoms with E-state index >= 15 is 0 Å². The summed E-state index contributed by atoms with van der Waals surface area (Å²) in [5, 5.41) is 8.92. The van der Waals surface area contributed by atoms with Crippen molar-refractivity contribution in [3.8, 4) is 6.07 Å². The van der Waals surface area contributed by atoms with E-state index in [0.717, 1.165) is 0 Å². The maximum atomic E-state index is 12.3. The zero-order valence-electron chi connectivity index (χ0n) is 10.2. The van der Waals surface area contributed by atoms with Crippen LogP contribution in [0.1, 0.15) is 30.6 Å². The number of halogens is 2. The van der Waals surface area contributed by atoms with Gasteiger partial charge >= 0.3 is 0 Å². The number of hydrogen-bond donors (Lipinski definition) is 0. The lowest BCUT2D eigenvalue weighted by atomic mass is 10.2. The molecule has 6 heteroatoms. The van der Waals surface area contributed by atoms with Crippen LogP contribution in [0.2, 0.25) is 10.3 Å². The molecule has 0 saturated carbocycles. The lowest BCUT2D eigenvalue weighted by molar-refractivity contribution is 0.0710. The third-order valence-corrected chi connectivity index (χ3v) is 2.89. The first kappa shape index (κ1) is 14.7. The predicted molar refractivity (Wildman–Crippen MR) is 70.7 cm³/mol. The first-order chi connectivity index (χ1) is 8.47. The zero-order valence-corrected chi connectivity index (χ0v) is 11.7. The van der Waals surface area contributed by atoms with Crippen molar-refractivity contribution in [3.63, 3.8) is 0 Å². The molecule has 0 bridgehead atoms. The Bertz CT molecular complexity index is 483. The van der Waals surface area contributed by atoms with Crippen LogP contribution in [0.15, 0.2) is 12.1 Å². The summed E-state index contributed by atoms with van der Waals surface area (Å²) in [5.74, 6) is -0.241. The average molecular weight is 286 g/mol. The van der Waals surface area contributed by atoms with E-state index in [0.29, 0.717) is 12.1 Å². The van der Waals surface area contributed by atoms with Crippen LogP contribution in [-0.2, 0) is 0 Å². The molecule has 1 aromatic rings. The SMILES string of the molecule is CC(C)N(CCC#N)C(=O)c1ccc(Cl)nc1Cl. The molecule has 0 radical (unpaired) electrons. The summed E-state index contributed by atoms with van der Waals surface area (Å²) in [6, 6.07) is 5.06. The highest BCUT2D eigenvalue weighted by atomic mass is 35.5. The maximum Gasteiger partial charge on any atom is 0.257 e. The highest BCUT2D eigenvalue weighted by molar-refractivity contribution is 6.34. The fourth-order valence-corrected chi connectivity index (χ4v) is 1.92. The molecule has 18 heavy (non-hydrogen) atoms. The van der Waals surface area contributed by atoms with Gasteiger partial charge in [0.25, 0.3) is 5.91 Å². The number of nitriles is 1. The van der Waals surface area contributed by atoms with Crippen LogP contribution in [0.3, 0.4) is 0 Å². The van der Waals surface area contributed by atoms with Gasteiger partial charge in [-0.25, -0.2) is 4.98 Å². The minimum absolute atomic E-state index is 0.0161. The molecular formula is C12H13Cl2N3O. The van der Waals surface area contributed by atoms with Gasteiger partial charge in [-0.1, -0.05) is 23.2 Å². The van der Waals surface area contributed by atoms with Gasteiger partial charge in [0.2, 0.25) is 0 Å². The highest BCUT2D eigenvalue weighted by Crippen LogP contribution is 2.19. The average Bonchev–Trinajstić information content (AvgIpc) is 2.28. The molecule has 4 nitrogen and oxygen atoms in total. The molecule has 0 aromatic carbocycles. The van der Waals surface area contributed by atoms with E-state index < -0.39 is 0 Å². The summed E-state index contributed by atoms with van der Waals surface area (Å²) in [6.45, 7) is 4.13. The quantitative estimate of drug-likeness (QED) is 0.799. The van der Waals surface area contributed by atoms with Gasteiger partial charge in [-0.15, -0.1) is 0 Å². The molecule has 0 saturated heterocycles. The van der Waals surface area contributed by atoms with Crippen LogP contribution in [0, 0.1) is 11.3 Å². The van der Waals surface area contributed by atoms with E-state index in [1.807, 2.05) is 19.9 Å². The molecule has 96 valence electrons. The first-order valence-electron chi connectivity index (χ1n) is 5.47. The molecule has 1 rings (SSSR count). The Morgan fingerprint density at radius 3 is 2.67 bits per heavy atom. The number of carbonyl (C=O) groups excluding carboxylic acids is 1. The molecule has 0 unspecified atom stereocenters. The second kappa shape index (κ2) is 6.58. The molecule has 0 spiro atoms. The minimum Gasteiger partial charge on any atom is -0.335 e. The lowest BCUT2D eigenvalue weighted by Crippen LogP contribution is -2.37. The van der Waals surface area contributed by atoms with E-state index in [-0.39, 0.29) is 28.7 Å². The first-order valence-corrected chi connectivity index (χ1v) is 6.23. The van der Waals surface area contributed by atoms with E-state index in [1.165, 1.54) is 6.07 Å². The number of amides is 1. The van der Waals surface area contributed by atoms with Gasteiger partial charge in [0.05, 0.1) is 18.1 Å². The number of carbonyl (C=O) groups is 1. The van der Waals surface area contributed by atoms with Gasteiger partial charge in [0.1, 0.15) is 10.3 Å². The Labute approximate surface area is 116 Å². The third-order valence-electron chi connectivity index (χ3n) is 2.39. The summed E-state index contributed by atoms with van der Waals surface area (Å²) >= 11 is 11.6. The minimum atomic E-state index is -0.241. The summed E-state index contributed by atoms with van der Waals surface area (Å²) in [5.41, 5.74) is 0.299. The molecule has 0 aliphatic heterocycles. The topological polar surface area (TPSA) is 57.0 Å². The van der Waals surface area contributed by atoms with Gasteiger partial charge in [-0.05, 0) is 26.0 Å².